The minimum atomic E-state index is -4.52. The van der Waals surface area contributed by atoms with Gasteiger partial charge in [-0.1, -0.05) is 0 Å². The predicted octanol–water partition coefficient (Wildman–Crippen LogP) is 0.0431. The van der Waals surface area contributed by atoms with Crippen molar-refractivity contribution >= 4 is 17.7 Å². The van der Waals surface area contributed by atoms with Gasteiger partial charge in [-0.15, -0.1) is 0 Å². The molecule has 17 heavy (non-hydrogen) atoms. The van der Waals surface area contributed by atoms with Crippen molar-refractivity contribution < 1.29 is 32.3 Å². The van der Waals surface area contributed by atoms with E-state index < -0.39 is 48.6 Å². The van der Waals surface area contributed by atoms with Crippen molar-refractivity contribution in [2.75, 3.05) is 13.7 Å². The molecule has 96 valence electrons. The zero-order valence-electron chi connectivity index (χ0n) is 8.84. The van der Waals surface area contributed by atoms with Gasteiger partial charge in [0.05, 0.1) is 13.5 Å². The molecule has 0 aliphatic carbocycles. The van der Waals surface area contributed by atoms with E-state index in [2.05, 4.69) is 10.1 Å². The van der Waals surface area contributed by atoms with Crippen LogP contribution >= 0.6 is 0 Å². The molecule has 1 heterocycles. The summed E-state index contributed by atoms with van der Waals surface area (Å²) in [6.07, 6.45) is -5.89. The minimum Gasteiger partial charge on any atom is -0.468 e. The quantitative estimate of drug-likeness (QED) is 0.557. The van der Waals surface area contributed by atoms with Gasteiger partial charge in [0.1, 0.15) is 0 Å². The Kier molecular flexibility index (Phi) is 3.74. The van der Waals surface area contributed by atoms with Crippen molar-refractivity contribution in [2.45, 2.75) is 12.6 Å². The summed E-state index contributed by atoms with van der Waals surface area (Å²) in [5, 5.41) is 2.09. The van der Waals surface area contributed by atoms with Crippen LogP contribution in [-0.4, -0.2) is 37.5 Å². The second kappa shape index (κ2) is 4.72. The molecule has 1 rings (SSSR count). The van der Waals surface area contributed by atoms with Gasteiger partial charge in [0.2, 0.25) is 5.91 Å². The van der Waals surface area contributed by atoms with Gasteiger partial charge in [-0.25, -0.2) is 0 Å². The number of carbonyl (C=O) groups excluding carboxylic acids is 3. The number of hydrogen-bond donors (Lipinski definition) is 1. The SMILES string of the molecule is COC(=O)C1C(=O)NCC(CC(F)(F)F)C1=O. The van der Waals surface area contributed by atoms with Gasteiger partial charge in [-0.3, -0.25) is 14.4 Å². The lowest BCUT2D eigenvalue weighted by molar-refractivity contribution is -0.166. The highest BCUT2D eigenvalue weighted by Crippen LogP contribution is 2.28. The lowest BCUT2D eigenvalue weighted by atomic mass is 9.86. The Labute approximate surface area is 94.3 Å². The van der Waals surface area contributed by atoms with E-state index in [1.165, 1.54) is 0 Å². The first-order chi connectivity index (χ1) is 7.76. The van der Waals surface area contributed by atoms with Crippen LogP contribution in [0.15, 0.2) is 0 Å². The standard InChI is InChI=1S/C9H10F3NO4/c1-17-8(16)5-6(14)4(2-9(10,11)12)3-13-7(5)15/h4-5H,2-3H2,1H3,(H,13,15). The molecule has 1 N–H and O–H groups in total. The Balaban J connectivity index is 2.83. The van der Waals surface area contributed by atoms with Crippen molar-refractivity contribution in [1.29, 1.82) is 0 Å². The highest BCUT2D eigenvalue weighted by atomic mass is 19.4. The van der Waals surface area contributed by atoms with Crippen molar-refractivity contribution in [3.05, 3.63) is 0 Å². The summed E-state index contributed by atoms with van der Waals surface area (Å²) in [6.45, 7) is -0.412. The first-order valence-electron chi connectivity index (χ1n) is 4.72. The van der Waals surface area contributed by atoms with Crippen LogP contribution in [0.3, 0.4) is 0 Å². The van der Waals surface area contributed by atoms with Crippen molar-refractivity contribution in [1.82, 2.24) is 5.32 Å². The number of hydrogen-bond acceptors (Lipinski definition) is 4. The van der Waals surface area contributed by atoms with E-state index in [1.54, 1.807) is 0 Å². The second-order valence-electron chi connectivity index (χ2n) is 3.62. The molecule has 1 amide bonds. The van der Waals surface area contributed by atoms with E-state index in [0.29, 0.717) is 0 Å². The first-order valence-corrected chi connectivity index (χ1v) is 4.72. The number of amides is 1. The normalized spacial score (nSPS) is 25.4. The molecule has 0 aromatic carbocycles. The van der Waals surface area contributed by atoms with E-state index in [0.717, 1.165) is 7.11 Å². The Morgan fingerprint density at radius 2 is 2.06 bits per heavy atom. The fraction of sp³-hybridized carbons (Fsp3) is 0.667. The molecule has 0 aromatic heterocycles. The maximum Gasteiger partial charge on any atom is 0.389 e. The molecule has 0 saturated carbocycles. The summed E-state index contributed by atoms with van der Waals surface area (Å²) in [4.78, 5) is 33.9. The highest BCUT2D eigenvalue weighted by molar-refractivity contribution is 6.18. The number of methoxy groups -OCH3 is 1. The number of carbonyl (C=O) groups is 3. The van der Waals surface area contributed by atoms with E-state index >= 15 is 0 Å². The smallest absolute Gasteiger partial charge is 0.389 e. The predicted molar refractivity (Wildman–Crippen MR) is 47.7 cm³/mol. The molecule has 0 spiro atoms. The van der Waals surface area contributed by atoms with Gasteiger partial charge in [0, 0.05) is 12.5 Å². The monoisotopic (exact) mass is 253 g/mol. The number of piperidine rings is 1. The Bertz CT molecular complexity index is 345. The number of ether oxygens (including phenoxy) is 1. The van der Waals surface area contributed by atoms with Crippen LogP contribution in [0.25, 0.3) is 0 Å². The molecular formula is C9H10F3NO4. The molecule has 1 saturated heterocycles. The third-order valence-corrected chi connectivity index (χ3v) is 2.39. The summed E-state index contributed by atoms with van der Waals surface area (Å²) >= 11 is 0. The molecule has 5 nitrogen and oxygen atoms in total. The molecule has 1 fully saturated rings. The van der Waals surface area contributed by atoms with E-state index in [-0.39, 0.29) is 0 Å². The third-order valence-electron chi connectivity index (χ3n) is 2.39. The van der Waals surface area contributed by atoms with Gasteiger partial charge >= 0.3 is 12.1 Å². The highest BCUT2D eigenvalue weighted by Gasteiger charge is 2.46. The minimum absolute atomic E-state index is 0.412. The number of alkyl halides is 3. The molecule has 2 atom stereocenters. The molecule has 0 aromatic rings. The van der Waals surface area contributed by atoms with Crippen LogP contribution in [0.1, 0.15) is 6.42 Å². The van der Waals surface area contributed by atoms with Crippen molar-refractivity contribution in [2.24, 2.45) is 11.8 Å². The van der Waals surface area contributed by atoms with Crippen LogP contribution < -0.4 is 5.32 Å². The summed E-state index contributed by atoms with van der Waals surface area (Å²) in [6, 6.07) is 0. The van der Waals surface area contributed by atoms with Gasteiger partial charge in [-0.2, -0.15) is 13.2 Å². The summed E-state index contributed by atoms with van der Waals surface area (Å²) in [5.41, 5.74) is 0. The lowest BCUT2D eigenvalue weighted by Crippen LogP contribution is -2.52. The van der Waals surface area contributed by atoms with Gasteiger partial charge < -0.3 is 10.1 Å². The average molecular weight is 253 g/mol. The van der Waals surface area contributed by atoms with E-state index in [4.69, 9.17) is 0 Å². The number of ketones is 1. The van der Waals surface area contributed by atoms with Crippen LogP contribution in [0.4, 0.5) is 13.2 Å². The molecule has 8 heteroatoms. The Morgan fingerprint density at radius 3 is 2.53 bits per heavy atom. The number of nitrogens with one attached hydrogen (secondary N) is 1. The third kappa shape index (κ3) is 3.18. The van der Waals surface area contributed by atoms with E-state index in [9.17, 15) is 27.6 Å². The lowest BCUT2D eigenvalue weighted by Gasteiger charge is -2.26. The molecular weight excluding hydrogens is 243 g/mol. The average Bonchev–Trinajstić information content (AvgIpc) is 2.20. The number of Topliss-reactive ketones (excluding diaryl/α,β-unsaturated/α-hetero) is 1. The Hall–Kier alpha value is -1.60. The molecule has 2 unspecified atom stereocenters. The van der Waals surface area contributed by atoms with Crippen LogP contribution in [0, 0.1) is 11.8 Å². The Morgan fingerprint density at radius 1 is 1.47 bits per heavy atom. The maximum absolute atomic E-state index is 12.1. The molecule has 0 bridgehead atoms. The first kappa shape index (κ1) is 13.5. The van der Waals surface area contributed by atoms with Gasteiger partial charge in [0.15, 0.2) is 11.7 Å². The zero-order valence-corrected chi connectivity index (χ0v) is 8.84. The summed E-state index contributed by atoms with van der Waals surface area (Å²) < 4.78 is 40.6. The zero-order chi connectivity index (χ0) is 13.2. The number of esters is 1. The van der Waals surface area contributed by atoms with Crippen LogP contribution in [0.2, 0.25) is 0 Å². The maximum atomic E-state index is 12.1. The van der Waals surface area contributed by atoms with E-state index in [1.807, 2.05) is 0 Å². The molecule has 0 radical (unpaired) electrons. The molecule has 1 aliphatic heterocycles. The molecule has 1 aliphatic rings. The van der Waals surface area contributed by atoms with Gasteiger partial charge in [0.25, 0.3) is 0 Å². The topological polar surface area (TPSA) is 72.5 Å². The van der Waals surface area contributed by atoms with Crippen molar-refractivity contribution in [3.63, 3.8) is 0 Å². The van der Waals surface area contributed by atoms with Crippen molar-refractivity contribution in [3.8, 4) is 0 Å². The second-order valence-corrected chi connectivity index (χ2v) is 3.62. The fourth-order valence-electron chi connectivity index (χ4n) is 1.58. The van der Waals surface area contributed by atoms with Crippen LogP contribution in [0.5, 0.6) is 0 Å². The van der Waals surface area contributed by atoms with Gasteiger partial charge in [-0.05, 0) is 0 Å². The number of halogens is 3. The summed E-state index contributed by atoms with van der Waals surface area (Å²) in [7, 11) is 0.955. The largest absolute Gasteiger partial charge is 0.468 e. The fourth-order valence-corrected chi connectivity index (χ4v) is 1.58. The summed E-state index contributed by atoms with van der Waals surface area (Å²) in [5.74, 6) is -6.32. The van der Waals surface area contributed by atoms with Crippen LogP contribution in [-0.2, 0) is 19.1 Å². The number of rotatable bonds is 2.